The van der Waals surface area contributed by atoms with E-state index in [4.69, 9.17) is 9.52 Å². The third-order valence-electron chi connectivity index (χ3n) is 3.00. The molecular formula is C14H11F2N3O2. The van der Waals surface area contributed by atoms with Gasteiger partial charge in [0.25, 0.3) is 0 Å². The fraction of sp³-hybridized carbons (Fsp3) is 0.143. The smallest absolute Gasteiger partial charge is 0.232 e. The van der Waals surface area contributed by atoms with Crippen molar-refractivity contribution in [2.45, 2.75) is 13.2 Å². The number of hydrogen-bond donors (Lipinski definition) is 1. The first kappa shape index (κ1) is 13.4. The fourth-order valence-electron chi connectivity index (χ4n) is 2.01. The highest BCUT2D eigenvalue weighted by Crippen LogP contribution is 2.25. The molecule has 0 atom stereocenters. The maximum Gasteiger partial charge on any atom is 0.232 e. The van der Waals surface area contributed by atoms with Crippen LogP contribution in [0.2, 0.25) is 0 Å². The van der Waals surface area contributed by atoms with Crippen molar-refractivity contribution in [3.8, 4) is 11.5 Å². The fourth-order valence-corrected chi connectivity index (χ4v) is 2.01. The van der Waals surface area contributed by atoms with Gasteiger partial charge in [0, 0.05) is 12.4 Å². The van der Waals surface area contributed by atoms with E-state index in [0.717, 1.165) is 12.1 Å². The molecule has 3 aromatic rings. The lowest BCUT2D eigenvalue weighted by atomic mass is 10.2. The van der Waals surface area contributed by atoms with E-state index in [1.807, 2.05) is 0 Å². The largest absolute Gasteiger partial charge is 0.444 e. The summed E-state index contributed by atoms with van der Waals surface area (Å²) in [7, 11) is 0. The molecule has 21 heavy (non-hydrogen) atoms. The molecule has 3 rings (SSSR count). The Morgan fingerprint density at radius 1 is 1.24 bits per heavy atom. The number of imidazole rings is 1. The Labute approximate surface area is 118 Å². The van der Waals surface area contributed by atoms with Crippen LogP contribution in [-0.4, -0.2) is 19.6 Å². The van der Waals surface area contributed by atoms with Gasteiger partial charge < -0.3 is 14.1 Å². The van der Waals surface area contributed by atoms with Gasteiger partial charge >= 0.3 is 0 Å². The van der Waals surface area contributed by atoms with Gasteiger partial charge in [-0.3, -0.25) is 0 Å². The van der Waals surface area contributed by atoms with Crippen LogP contribution < -0.4 is 0 Å². The summed E-state index contributed by atoms with van der Waals surface area (Å²) >= 11 is 0. The number of oxazole rings is 1. The number of aliphatic hydroxyl groups is 1. The molecule has 7 heteroatoms. The molecule has 0 spiro atoms. The first-order valence-electron chi connectivity index (χ1n) is 6.18. The predicted molar refractivity (Wildman–Crippen MR) is 69.1 cm³/mol. The molecule has 1 N–H and O–H groups in total. The van der Waals surface area contributed by atoms with Crippen LogP contribution >= 0.6 is 0 Å². The highest BCUT2D eigenvalue weighted by molar-refractivity contribution is 5.55. The standard InChI is InChI=1S/C14H11F2N3O2/c15-10-2-1-3-11(16)13(10)14-18-9(8-21-14)6-19-5-4-17-12(19)7-20/h1-5,8,20H,6-7H2. The lowest BCUT2D eigenvalue weighted by molar-refractivity contribution is 0.266. The van der Waals surface area contributed by atoms with Crippen molar-refractivity contribution in [2.75, 3.05) is 0 Å². The SMILES string of the molecule is OCc1nccn1Cc1coc(-c2c(F)cccc2F)n1. The average Bonchev–Trinajstić information content (AvgIpc) is 3.08. The first-order valence-corrected chi connectivity index (χ1v) is 6.18. The molecule has 0 bridgehead atoms. The number of hydrogen-bond acceptors (Lipinski definition) is 4. The zero-order chi connectivity index (χ0) is 14.8. The normalized spacial score (nSPS) is 11.0. The second kappa shape index (κ2) is 5.45. The van der Waals surface area contributed by atoms with Gasteiger partial charge in [0.1, 0.15) is 35.9 Å². The van der Waals surface area contributed by atoms with Crippen molar-refractivity contribution >= 4 is 0 Å². The second-order valence-electron chi connectivity index (χ2n) is 4.37. The maximum absolute atomic E-state index is 13.7. The van der Waals surface area contributed by atoms with Crippen molar-refractivity contribution in [1.29, 1.82) is 0 Å². The number of rotatable bonds is 4. The molecule has 0 aliphatic heterocycles. The minimum absolute atomic E-state index is 0.119. The molecule has 1 aromatic carbocycles. The van der Waals surface area contributed by atoms with Crippen molar-refractivity contribution in [3.63, 3.8) is 0 Å². The monoisotopic (exact) mass is 291 g/mol. The van der Waals surface area contributed by atoms with Crippen molar-refractivity contribution in [2.24, 2.45) is 0 Å². The van der Waals surface area contributed by atoms with Gasteiger partial charge in [-0.15, -0.1) is 0 Å². The molecule has 5 nitrogen and oxygen atoms in total. The van der Waals surface area contributed by atoms with Crippen LogP contribution in [0.3, 0.4) is 0 Å². The van der Waals surface area contributed by atoms with Gasteiger partial charge in [-0.2, -0.15) is 0 Å². The summed E-state index contributed by atoms with van der Waals surface area (Å²) in [4.78, 5) is 8.03. The van der Waals surface area contributed by atoms with E-state index < -0.39 is 11.6 Å². The lowest BCUT2D eigenvalue weighted by Crippen LogP contribution is -2.04. The Morgan fingerprint density at radius 2 is 2.00 bits per heavy atom. The highest BCUT2D eigenvalue weighted by atomic mass is 19.1. The number of aliphatic hydroxyl groups excluding tert-OH is 1. The summed E-state index contributed by atoms with van der Waals surface area (Å²) in [6.07, 6.45) is 4.54. The summed E-state index contributed by atoms with van der Waals surface area (Å²) in [5.41, 5.74) is 0.178. The minimum Gasteiger partial charge on any atom is -0.444 e. The molecule has 0 saturated heterocycles. The van der Waals surface area contributed by atoms with Crippen LogP contribution in [0.25, 0.3) is 11.5 Å². The van der Waals surface area contributed by atoms with Gasteiger partial charge in [0.05, 0.1) is 12.2 Å². The molecule has 0 aliphatic rings. The van der Waals surface area contributed by atoms with Crippen molar-refractivity contribution in [1.82, 2.24) is 14.5 Å². The van der Waals surface area contributed by atoms with E-state index in [1.54, 1.807) is 17.0 Å². The lowest BCUT2D eigenvalue weighted by Gasteiger charge is -2.02. The second-order valence-corrected chi connectivity index (χ2v) is 4.37. The van der Waals surface area contributed by atoms with Crippen molar-refractivity contribution < 1.29 is 18.3 Å². The Kier molecular flexibility index (Phi) is 3.49. The molecule has 108 valence electrons. The van der Waals surface area contributed by atoms with Gasteiger partial charge in [0.2, 0.25) is 5.89 Å². The molecule has 0 unspecified atom stereocenters. The third kappa shape index (κ3) is 2.55. The zero-order valence-corrected chi connectivity index (χ0v) is 10.8. The molecule has 0 fully saturated rings. The van der Waals surface area contributed by atoms with Gasteiger partial charge in [-0.05, 0) is 12.1 Å². The van der Waals surface area contributed by atoms with Crippen LogP contribution in [0.5, 0.6) is 0 Å². The highest BCUT2D eigenvalue weighted by Gasteiger charge is 2.17. The van der Waals surface area contributed by atoms with Crippen LogP contribution in [0.15, 0.2) is 41.3 Å². The van der Waals surface area contributed by atoms with E-state index in [1.165, 1.54) is 12.3 Å². The van der Waals surface area contributed by atoms with Crippen LogP contribution in [-0.2, 0) is 13.2 Å². The zero-order valence-electron chi connectivity index (χ0n) is 10.8. The summed E-state index contributed by atoms with van der Waals surface area (Å²) < 4.78 is 34.1. The van der Waals surface area contributed by atoms with E-state index in [0.29, 0.717) is 11.5 Å². The summed E-state index contributed by atoms with van der Waals surface area (Å²) in [5.74, 6) is -1.12. The van der Waals surface area contributed by atoms with Gasteiger partial charge in [-0.1, -0.05) is 6.07 Å². The molecule has 2 heterocycles. The quantitative estimate of drug-likeness (QED) is 0.801. The number of benzene rings is 1. The van der Waals surface area contributed by atoms with Gasteiger partial charge in [-0.25, -0.2) is 18.7 Å². The number of nitrogens with zero attached hydrogens (tertiary/aromatic N) is 3. The third-order valence-corrected chi connectivity index (χ3v) is 3.00. The molecule has 0 amide bonds. The minimum atomic E-state index is -0.734. The topological polar surface area (TPSA) is 64.1 Å². The van der Waals surface area contributed by atoms with Crippen molar-refractivity contribution in [3.05, 3.63) is 60.0 Å². The van der Waals surface area contributed by atoms with Crippen LogP contribution in [0, 0.1) is 11.6 Å². The Hall–Kier alpha value is -2.54. The van der Waals surface area contributed by atoms with E-state index >= 15 is 0 Å². The van der Waals surface area contributed by atoms with E-state index in [-0.39, 0.29) is 24.6 Å². The van der Waals surface area contributed by atoms with Gasteiger partial charge in [0.15, 0.2) is 0 Å². The number of aromatic nitrogens is 3. The Bertz CT molecular complexity index is 747. The Morgan fingerprint density at radius 3 is 2.71 bits per heavy atom. The van der Waals surface area contributed by atoms with Crippen LogP contribution in [0.4, 0.5) is 8.78 Å². The Balaban J connectivity index is 1.90. The number of halogens is 2. The van der Waals surface area contributed by atoms with Crippen LogP contribution in [0.1, 0.15) is 11.5 Å². The van der Waals surface area contributed by atoms with E-state index in [9.17, 15) is 8.78 Å². The first-order chi connectivity index (χ1) is 10.2. The summed E-state index contributed by atoms with van der Waals surface area (Å²) in [6, 6.07) is 3.56. The molecule has 2 aromatic heterocycles. The molecule has 0 saturated carbocycles. The van der Waals surface area contributed by atoms with E-state index in [2.05, 4.69) is 9.97 Å². The summed E-state index contributed by atoms with van der Waals surface area (Å²) in [5, 5.41) is 9.11. The molecule has 0 aliphatic carbocycles. The predicted octanol–water partition coefficient (Wildman–Crippen LogP) is 2.36. The molecule has 0 radical (unpaired) electrons. The molecular weight excluding hydrogens is 280 g/mol. The maximum atomic E-state index is 13.7. The summed E-state index contributed by atoms with van der Waals surface area (Å²) in [6.45, 7) is 0.0785. The average molecular weight is 291 g/mol.